The highest BCUT2D eigenvalue weighted by atomic mass is 16.3. The number of pyridine rings is 1. The normalized spacial score (nSPS) is 13.5. The monoisotopic (exact) mass is 480 g/mol. The maximum absolute atomic E-state index is 12.6. The third kappa shape index (κ3) is 6.06. The molecule has 0 radical (unpaired) electrons. The summed E-state index contributed by atoms with van der Waals surface area (Å²) in [5.41, 5.74) is 10.6. The lowest BCUT2D eigenvalue weighted by Crippen LogP contribution is -2.32. The first-order chi connectivity index (χ1) is 17.5. The molecule has 1 unspecified atom stereocenters. The Morgan fingerprint density at radius 3 is 2.61 bits per heavy atom. The fourth-order valence-electron chi connectivity index (χ4n) is 4.29. The lowest BCUT2D eigenvalue weighted by atomic mass is 10.00. The van der Waals surface area contributed by atoms with E-state index in [-0.39, 0.29) is 5.78 Å². The van der Waals surface area contributed by atoms with Crippen molar-refractivity contribution in [1.29, 1.82) is 0 Å². The van der Waals surface area contributed by atoms with Crippen LogP contribution in [0.25, 0.3) is 16.3 Å². The minimum absolute atomic E-state index is 0.0224. The van der Waals surface area contributed by atoms with E-state index in [1.54, 1.807) is 18.3 Å². The number of hydrogen-bond donors (Lipinski definition) is 2. The van der Waals surface area contributed by atoms with Crippen molar-refractivity contribution in [3.05, 3.63) is 77.0 Å². The fourth-order valence-corrected chi connectivity index (χ4v) is 4.29. The lowest BCUT2D eigenvalue weighted by Gasteiger charge is -2.21. The van der Waals surface area contributed by atoms with Crippen LogP contribution in [0.15, 0.2) is 59.7 Å². The van der Waals surface area contributed by atoms with Gasteiger partial charge in [-0.05, 0) is 54.9 Å². The van der Waals surface area contributed by atoms with Gasteiger partial charge in [0.05, 0.1) is 18.2 Å². The number of hydrogen-bond acceptors (Lipinski definition) is 6. The van der Waals surface area contributed by atoms with Crippen LogP contribution < -0.4 is 5.73 Å². The van der Waals surface area contributed by atoms with Crippen LogP contribution in [-0.2, 0) is 0 Å². The number of Topliss-reactive ketones (excluding diaryl/α,β-unsaturated/α-hetero) is 1. The number of benzene rings is 2. The summed E-state index contributed by atoms with van der Waals surface area (Å²) in [7, 11) is 0. The van der Waals surface area contributed by atoms with Crippen molar-refractivity contribution in [2.24, 2.45) is 4.99 Å². The minimum atomic E-state index is -0.502. The Balaban J connectivity index is 1.45. The summed E-state index contributed by atoms with van der Waals surface area (Å²) in [6, 6.07) is 13.4. The average Bonchev–Trinajstić information content (AvgIpc) is 3.45. The van der Waals surface area contributed by atoms with Gasteiger partial charge in [-0.1, -0.05) is 50.0 Å². The Labute approximate surface area is 212 Å². The number of anilines is 1. The number of aliphatic hydroxyl groups excluding tert-OH is 1. The van der Waals surface area contributed by atoms with E-state index in [0.717, 1.165) is 35.0 Å². The third-order valence-electron chi connectivity index (χ3n) is 6.54. The molecule has 1 aliphatic heterocycles. The Kier molecular flexibility index (Phi) is 8.27. The fraction of sp³-hybridized carbons (Fsp3) is 0.300. The Hall–Kier alpha value is -3.79. The summed E-state index contributed by atoms with van der Waals surface area (Å²) in [6.45, 7) is 7.19. The number of ketones is 1. The molecule has 2 aromatic carbocycles. The van der Waals surface area contributed by atoms with E-state index >= 15 is 0 Å². The quantitative estimate of drug-likeness (QED) is 0.351. The van der Waals surface area contributed by atoms with Crippen LogP contribution in [0.2, 0.25) is 0 Å². The van der Waals surface area contributed by atoms with Gasteiger partial charge in [0.2, 0.25) is 0 Å². The average molecular weight is 481 g/mol. The smallest absolute Gasteiger partial charge is 0.162 e. The van der Waals surface area contributed by atoms with Crippen molar-refractivity contribution in [3.63, 3.8) is 0 Å². The van der Waals surface area contributed by atoms with Gasteiger partial charge in [-0.3, -0.25) is 9.79 Å². The van der Waals surface area contributed by atoms with Gasteiger partial charge >= 0.3 is 0 Å². The second-order valence-corrected chi connectivity index (χ2v) is 8.93. The van der Waals surface area contributed by atoms with E-state index in [4.69, 9.17) is 5.73 Å². The molecule has 36 heavy (non-hydrogen) atoms. The first-order valence-electron chi connectivity index (χ1n) is 12.4. The van der Waals surface area contributed by atoms with Crippen LogP contribution >= 0.6 is 0 Å². The first kappa shape index (κ1) is 25.3. The van der Waals surface area contributed by atoms with Crippen LogP contribution in [0.3, 0.4) is 0 Å². The zero-order chi connectivity index (χ0) is 25.5. The lowest BCUT2D eigenvalue weighted by molar-refractivity contribution is 0.0877. The van der Waals surface area contributed by atoms with Crippen LogP contribution in [0, 0.1) is 11.8 Å². The number of carbonyl (C=O) groups excluding carboxylic acids is 1. The number of aliphatic hydroxyl groups is 1. The Morgan fingerprint density at radius 1 is 1.14 bits per heavy atom. The number of nitrogens with two attached hydrogens (primary N) is 1. The summed E-state index contributed by atoms with van der Waals surface area (Å²) in [5.74, 6) is 6.75. The number of carbonyl (C=O) groups is 1. The molecule has 0 spiro atoms. The highest BCUT2D eigenvalue weighted by Gasteiger charge is 2.13. The molecule has 0 aliphatic carbocycles. The van der Waals surface area contributed by atoms with Gasteiger partial charge in [0.15, 0.2) is 5.78 Å². The Morgan fingerprint density at radius 2 is 1.92 bits per heavy atom. The zero-order valence-corrected chi connectivity index (χ0v) is 20.9. The molecular weight excluding hydrogens is 448 g/mol. The van der Waals surface area contributed by atoms with Crippen molar-refractivity contribution in [3.8, 4) is 11.8 Å². The van der Waals surface area contributed by atoms with Gasteiger partial charge < -0.3 is 15.7 Å². The van der Waals surface area contributed by atoms with Crippen molar-refractivity contribution in [1.82, 2.24) is 9.88 Å². The topological polar surface area (TPSA) is 91.8 Å². The van der Waals surface area contributed by atoms with Crippen molar-refractivity contribution >= 4 is 34.2 Å². The zero-order valence-electron chi connectivity index (χ0n) is 20.9. The molecule has 184 valence electrons. The maximum atomic E-state index is 12.6. The second kappa shape index (κ2) is 11.8. The molecule has 0 saturated carbocycles. The number of fused-ring (bicyclic) bond motifs is 1. The molecule has 0 amide bonds. The SMILES string of the molecule is CCN(CC)CC(O)CCC(=O)c1ccc(C#Cc2c(N)ncc3cc(C4=CC=NC4)ccc23)cc1. The van der Waals surface area contributed by atoms with Crippen molar-refractivity contribution in [2.75, 3.05) is 31.9 Å². The minimum Gasteiger partial charge on any atom is -0.392 e. The van der Waals surface area contributed by atoms with Crippen LogP contribution in [-0.4, -0.2) is 59.3 Å². The number of aromatic nitrogens is 1. The van der Waals surface area contributed by atoms with Crippen LogP contribution in [0.1, 0.15) is 53.7 Å². The van der Waals surface area contributed by atoms with E-state index in [9.17, 15) is 9.90 Å². The summed E-state index contributed by atoms with van der Waals surface area (Å²) in [5, 5.41) is 12.2. The van der Waals surface area contributed by atoms with E-state index in [1.165, 1.54) is 5.57 Å². The highest BCUT2D eigenvalue weighted by molar-refractivity contribution is 5.97. The molecule has 4 rings (SSSR count). The van der Waals surface area contributed by atoms with Crippen LogP contribution in [0.4, 0.5) is 5.82 Å². The van der Waals surface area contributed by atoms with E-state index < -0.39 is 6.10 Å². The predicted octanol–water partition coefficient (Wildman–Crippen LogP) is 4.35. The molecule has 3 aromatic rings. The number of aliphatic imine (C=N–C) groups is 1. The Bertz CT molecular complexity index is 1360. The summed E-state index contributed by atoms with van der Waals surface area (Å²) >= 11 is 0. The molecular formula is C30H32N4O2. The molecule has 3 N–H and O–H groups in total. The molecule has 6 nitrogen and oxygen atoms in total. The first-order valence-corrected chi connectivity index (χ1v) is 12.4. The van der Waals surface area contributed by atoms with E-state index in [0.29, 0.717) is 42.9 Å². The van der Waals surface area contributed by atoms with E-state index in [1.807, 2.05) is 30.5 Å². The maximum Gasteiger partial charge on any atom is 0.162 e. The van der Waals surface area contributed by atoms with Gasteiger partial charge in [0, 0.05) is 47.3 Å². The molecule has 0 saturated heterocycles. The van der Waals surface area contributed by atoms with Crippen LogP contribution in [0.5, 0.6) is 0 Å². The molecule has 2 heterocycles. The number of nitrogen functional groups attached to an aromatic ring is 1. The third-order valence-corrected chi connectivity index (χ3v) is 6.54. The molecule has 1 aromatic heterocycles. The molecule has 1 aliphatic rings. The van der Waals surface area contributed by atoms with Gasteiger partial charge in [-0.25, -0.2) is 4.98 Å². The van der Waals surface area contributed by atoms with Crippen molar-refractivity contribution in [2.45, 2.75) is 32.8 Å². The predicted molar refractivity (Wildman–Crippen MR) is 147 cm³/mol. The second-order valence-electron chi connectivity index (χ2n) is 8.93. The molecule has 0 bridgehead atoms. The number of likely N-dealkylation sites (N-methyl/N-ethyl adjacent to an activating group) is 1. The van der Waals surface area contributed by atoms with Crippen molar-refractivity contribution < 1.29 is 9.90 Å². The van der Waals surface area contributed by atoms with E-state index in [2.05, 4.69) is 52.7 Å². The summed E-state index contributed by atoms with van der Waals surface area (Å²) in [4.78, 5) is 23.3. The molecule has 1 atom stereocenters. The number of allylic oxidation sites excluding steroid dienone is 1. The molecule has 0 fully saturated rings. The van der Waals surface area contributed by atoms with Gasteiger partial charge in [-0.2, -0.15) is 0 Å². The summed E-state index contributed by atoms with van der Waals surface area (Å²) in [6.07, 6.45) is 5.89. The molecule has 6 heteroatoms. The standard InChI is InChI=1S/C30H32N4O2/c1-3-34(4-2)20-26(35)11-14-29(36)22-8-5-21(6-9-22)7-12-28-27-13-10-23(24-15-16-32-18-24)17-25(27)19-33-30(28)31/h5-6,8-10,13,15-17,19,26,35H,3-4,11,14,18,20H2,1-2H3,(H2,31,33). The number of nitrogens with zero attached hydrogens (tertiary/aromatic N) is 3. The highest BCUT2D eigenvalue weighted by Crippen LogP contribution is 2.26. The van der Waals surface area contributed by atoms with Gasteiger partial charge in [-0.15, -0.1) is 0 Å². The summed E-state index contributed by atoms with van der Waals surface area (Å²) < 4.78 is 0. The van der Waals surface area contributed by atoms with Gasteiger partial charge in [0.1, 0.15) is 5.82 Å². The van der Waals surface area contributed by atoms with Gasteiger partial charge in [0.25, 0.3) is 0 Å². The number of rotatable bonds is 9. The largest absolute Gasteiger partial charge is 0.392 e.